The molecular formula is C16H20N8O. The lowest BCUT2D eigenvalue weighted by Crippen LogP contribution is -2.31. The van der Waals surface area contributed by atoms with Gasteiger partial charge < -0.3 is 5.32 Å². The third kappa shape index (κ3) is 3.87. The van der Waals surface area contributed by atoms with Crippen LogP contribution in [0.2, 0.25) is 0 Å². The highest BCUT2D eigenvalue weighted by Gasteiger charge is 2.21. The molecule has 1 amide bonds. The maximum absolute atomic E-state index is 12.6. The average molecular weight is 340 g/mol. The van der Waals surface area contributed by atoms with E-state index in [4.69, 9.17) is 0 Å². The molecule has 2 heterocycles. The number of nitrogens with zero attached hydrogens (tertiary/aromatic N) is 7. The molecular weight excluding hydrogens is 320 g/mol. The van der Waals surface area contributed by atoms with E-state index in [1.165, 1.54) is 17.3 Å². The van der Waals surface area contributed by atoms with Crippen molar-refractivity contribution in [2.75, 3.05) is 0 Å². The van der Waals surface area contributed by atoms with Crippen LogP contribution in [0.15, 0.2) is 36.9 Å². The van der Waals surface area contributed by atoms with E-state index >= 15 is 0 Å². The molecule has 0 aliphatic heterocycles. The van der Waals surface area contributed by atoms with Crippen LogP contribution in [0.1, 0.15) is 42.5 Å². The first-order valence-corrected chi connectivity index (χ1v) is 8.02. The van der Waals surface area contributed by atoms with Crippen molar-refractivity contribution in [3.05, 3.63) is 48.3 Å². The van der Waals surface area contributed by atoms with E-state index < -0.39 is 0 Å². The van der Waals surface area contributed by atoms with Crippen LogP contribution in [-0.4, -0.2) is 40.9 Å². The molecule has 0 saturated carbocycles. The van der Waals surface area contributed by atoms with Crippen LogP contribution in [0.25, 0.3) is 5.69 Å². The van der Waals surface area contributed by atoms with Gasteiger partial charge >= 0.3 is 0 Å². The molecule has 1 aromatic carbocycles. The molecule has 9 nitrogen and oxygen atoms in total. The second-order valence-electron chi connectivity index (χ2n) is 6.20. The van der Waals surface area contributed by atoms with E-state index in [1.54, 1.807) is 28.9 Å². The molecule has 3 aromatic rings. The molecule has 0 spiro atoms. The first-order chi connectivity index (χ1) is 12.0. The van der Waals surface area contributed by atoms with Crippen molar-refractivity contribution in [1.82, 2.24) is 40.3 Å². The molecule has 0 unspecified atom stereocenters. The third-order valence-corrected chi connectivity index (χ3v) is 3.81. The number of aryl methyl sites for hydroxylation is 1. The molecule has 0 aliphatic carbocycles. The van der Waals surface area contributed by atoms with E-state index in [1.807, 2.05) is 7.05 Å². The summed E-state index contributed by atoms with van der Waals surface area (Å²) in [7, 11) is 1.82. The smallest absolute Gasteiger partial charge is 0.251 e. The van der Waals surface area contributed by atoms with Crippen LogP contribution in [0.3, 0.4) is 0 Å². The van der Waals surface area contributed by atoms with Crippen molar-refractivity contribution in [1.29, 1.82) is 0 Å². The Kier molecular flexibility index (Phi) is 4.82. The standard InChI is InChI=1S/C16H20N8O/c1-11(2)8-14(15-17-9-19-23(15)3)20-16(25)12-4-6-13(7-5-12)24-10-18-21-22-24/h4-7,9-11,14H,8H2,1-3H3,(H,20,25)/t14-/m1/s1. The maximum atomic E-state index is 12.6. The number of hydrogen-bond acceptors (Lipinski definition) is 6. The Labute approximate surface area is 145 Å². The van der Waals surface area contributed by atoms with Gasteiger partial charge in [0, 0.05) is 12.6 Å². The fourth-order valence-corrected chi connectivity index (χ4v) is 2.61. The zero-order chi connectivity index (χ0) is 17.8. The molecule has 2 aromatic heterocycles. The van der Waals surface area contributed by atoms with E-state index in [9.17, 15) is 4.79 Å². The summed E-state index contributed by atoms with van der Waals surface area (Å²) < 4.78 is 3.22. The van der Waals surface area contributed by atoms with Gasteiger partial charge in [0.2, 0.25) is 0 Å². The summed E-state index contributed by atoms with van der Waals surface area (Å²) in [5, 5.41) is 18.2. The molecule has 9 heteroatoms. The number of tetrazole rings is 1. The van der Waals surface area contributed by atoms with Crippen LogP contribution in [0.5, 0.6) is 0 Å². The average Bonchev–Trinajstić information content (AvgIpc) is 3.25. The number of aromatic nitrogens is 7. The molecule has 130 valence electrons. The SMILES string of the molecule is CC(C)C[C@@H](NC(=O)c1ccc(-n2cnnn2)cc1)c1ncnn1C. The molecule has 3 rings (SSSR count). The van der Waals surface area contributed by atoms with Gasteiger partial charge in [-0.05, 0) is 47.0 Å². The minimum absolute atomic E-state index is 0.156. The van der Waals surface area contributed by atoms with E-state index in [2.05, 4.69) is 44.8 Å². The van der Waals surface area contributed by atoms with Crippen LogP contribution in [0, 0.1) is 5.92 Å². The number of nitrogens with one attached hydrogen (secondary N) is 1. The summed E-state index contributed by atoms with van der Waals surface area (Å²) in [4.78, 5) is 16.9. The normalized spacial score (nSPS) is 12.3. The Hall–Kier alpha value is -3.10. The lowest BCUT2D eigenvalue weighted by molar-refractivity contribution is 0.0929. The van der Waals surface area contributed by atoms with Gasteiger partial charge in [0.15, 0.2) is 0 Å². The van der Waals surface area contributed by atoms with Gasteiger partial charge in [-0.25, -0.2) is 9.67 Å². The van der Waals surface area contributed by atoms with Crippen LogP contribution in [0.4, 0.5) is 0 Å². The third-order valence-electron chi connectivity index (χ3n) is 3.81. The molecule has 0 bridgehead atoms. The van der Waals surface area contributed by atoms with E-state index in [0.717, 1.165) is 17.9 Å². The van der Waals surface area contributed by atoms with E-state index in [-0.39, 0.29) is 11.9 Å². The van der Waals surface area contributed by atoms with Crippen molar-refractivity contribution < 1.29 is 4.79 Å². The minimum atomic E-state index is -0.195. The second kappa shape index (κ2) is 7.20. The number of carbonyl (C=O) groups excluding carboxylic acids is 1. The first kappa shape index (κ1) is 16.7. The van der Waals surface area contributed by atoms with Crippen LogP contribution < -0.4 is 5.32 Å². The first-order valence-electron chi connectivity index (χ1n) is 8.02. The highest BCUT2D eigenvalue weighted by atomic mass is 16.1. The number of benzene rings is 1. The molecule has 0 aliphatic rings. The van der Waals surface area contributed by atoms with Crippen LogP contribution >= 0.6 is 0 Å². The summed E-state index contributed by atoms with van der Waals surface area (Å²) in [5.74, 6) is 0.994. The van der Waals surface area contributed by atoms with Gasteiger partial charge in [0.25, 0.3) is 5.91 Å². The molecule has 0 fully saturated rings. The number of hydrogen-bond donors (Lipinski definition) is 1. The predicted octanol–water partition coefficient (Wildman–Crippen LogP) is 1.31. The van der Waals surface area contributed by atoms with Crippen molar-refractivity contribution in [3.63, 3.8) is 0 Å². The maximum Gasteiger partial charge on any atom is 0.251 e. The number of carbonyl (C=O) groups is 1. The van der Waals surface area contributed by atoms with Crippen molar-refractivity contribution in [2.45, 2.75) is 26.3 Å². The lowest BCUT2D eigenvalue weighted by Gasteiger charge is -2.20. The Balaban J connectivity index is 1.76. The molecule has 0 radical (unpaired) electrons. The van der Waals surface area contributed by atoms with Crippen molar-refractivity contribution in [2.24, 2.45) is 13.0 Å². The number of amides is 1. The summed E-state index contributed by atoms with van der Waals surface area (Å²) in [6, 6.07) is 6.89. The quantitative estimate of drug-likeness (QED) is 0.725. The van der Waals surface area contributed by atoms with E-state index in [0.29, 0.717) is 11.5 Å². The fourth-order valence-electron chi connectivity index (χ4n) is 2.61. The zero-order valence-electron chi connectivity index (χ0n) is 14.4. The lowest BCUT2D eigenvalue weighted by atomic mass is 10.0. The monoisotopic (exact) mass is 340 g/mol. The summed E-state index contributed by atoms with van der Waals surface area (Å²) >= 11 is 0. The van der Waals surface area contributed by atoms with Crippen molar-refractivity contribution in [3.8, 4) is 5.69 Å². The van der Waals surface area contributed by atoms with Gasteiger partial charge in [0.05, 0.1) is 11.7 Å². The highest BCUT2D eigenvalue weighted by molar-refractivity contribution is 5.94. The number of rotatable bonds is 6. The van der Waals surface area contributed by atoms with Gasteiger partial charge in [-0.3, -0.25) is 9.48 Å². The summed E-state index contributed by atoms with van der Waals surface area (Å²) in [6.07, 6.45) is 3.78. The van der Waals surface area contributed by atoms with Crippen molar-refractivity contribution >= 4 is 5.91 Å². The highest BCUT2D eigenvalue weighted by Crippen LogP contribution is 2.19. The molecule has 1 atom stereocenters. The minimum Gasteiger partial charge on any atom is -0.342 e. The summed E-state index contributed by atoms with van der Waals surface area (Å²) in [5.41, 5.74) is 1.35. The van der Waals surface area contributed by atoms with Crippen LogP contribution in [-0.2, 0) is 7.05 Å². The molecule has 25 heavy (non-hydrogen) atoms. The van der Waals surface area contributed by atoms with Gasteiger partial charge in [-0.15, -0.1) is 5.10 Å². The Morgan fingerprint density at radius 2 is 2.00 bits per heavy atom. The second-order valence-corrected chi connectivity index (χ2v) is 6.20. The molecule has 1 N–H and O–H groups in total. The van der Waals surface area contributed by atoms with Gasteiger partial charge in [-0.1, -0.05) is 13.8 Å². The van der Waals surface area contributed by atoms with Gasteiger partial charge in [-0.2, -0.15) is 5.10 Å². The zero-order valence-corrected chi connectivity index (χ0v) is 14.4. The Bertz CT molecular complexity index is 822. The fraction of sp³-hybridized carbons (Fsp3) is 0.375. The Morgan fingerprint density at radius 1 is 1.24 bits per heavy atom. The van der Waals surface area contributed by atoms with Gasteiger partial charge in [0.1, 0.15) is 18.5 Å². The topological polar surface area (TPSA) is 103 Å². The Morgan fingerprint density at radius 3 is 2.56 bits per heavy atom. The molecule has 0 saturated heterocycles. The predicted molar refractivity (Wildman–Crippen MR) is 89.8 cm³/mol. The summed E-state index contributed by atoms with van der Waals surface area (Å²) in [6.45, 7) is 4.22. The largest absolute Gasteiger partial charge is 0.342 e.